The lowest BCUT2D eigenvalue weighted by Crippen LogP contribution is -2.15. The largest absolute Gasteiger partial charge is 0.360 e. The second-order valence-corrected chi connectivity index (χ2v) is 6.14. The standard InChI is InChI=1S/C19H14ClN3O2/c1-11-17(18(22-25-11)13-7-3-4-8-14(13)20)19(24)23-12(2)21-15-9-5-6-10-16(15)23/h3-10H,1-2H3. The molecule has 0 amide bonds. The number of imidazole rings is 1. The fourth-order valence-corrected chi connectivity index (χ4v) is 3.20. The van der Waals surface area contributed by atoms with Gasteiger partial charge in [0.2, 0.25) is 0 Å². The van der Waals surface area contributed by atoms with Crippen LogP contribution >= 0.6 is 11.6 Å². The van der Waals surface area contributed by atoms with Crippen LogP contribution in [-0.2, 0) is 0 Å². The Labute approximate surface area is 148 Å². The fraction of sp³-hybridized carbons (Fsp3) is 0.105. The van der Waals surface area contributed by atoms with Crippen LogP contribution in [0, 0.1) is 13.8 Å². The first-order chi connectivity index (χ1) is 12.1. The molecule has 2 aromatic carbocycles. The van der Waals surface area contributed by atoms with Gasteiger partial charge >= 0.3 is 0 Å². The molecule has 4 rings (SSSR count). The molecule has 0 unspecified atom stereocenters. The summed E-state index contributed by atoms with van der Waals surface area (Å²) >= 11 is 6.28. The maximum atomic E-state index is 13.3. The molecular weight excluding hydrogens is 338 g/mol. The number of para-hydroxylation sites is 2. The molecule has 25 heavy (non-hydrogen) atoms. The molecule has 0 aliphatic rings. The van der Waals surface area contributed by atoms with Crippen molar-refractivity contribution in [3.05, 3.63) is 70.7 Å². The number of hydrogen-bond acceptors (Lipinski definition) is 4. The van der Waals surface area contributed by atoms with Crippen molar-refractivity contribution >= 4 is 28.5 Å². The van der Waals surface area contributed by atoms with Crippen molar-refractivity contribution in [3.63, 3.8) is 0 Å². The lowest BCUT2D eigenvalue weighted by Gasteiger charge is -2.07. The van der Waals surface area contributed by atoms with E-state index in [1.54, 1.807) is 24.5 Å². The summed E-state index contributed by atoms with van der Waals surface area (Å²) < 4.78 is 6.89. The number of carbonyl (C=O) groups excluding carboxylic acids is 1. The van der Waals surface area contributed by atoms with Crippen LogP contribution in [0.15, 0.2) is 53.1 Å². The van der Waals surface area contributed by atoms with Gasteiger partial charge in [-0.15, -0.1) is 0 Å². The summed E-state index contributed by atoms with van der Waals surface area (Å²) in [6, 6.07) is 14.8. The third-order valence-electron chi connectivity index (χ3n) is 4.14. The molecule has 0 bridgehead atoms. The second-order valence-electron chi connectivity index (χ2n) is 5.73. The molecule has 0 N–H and O–H groups in total. The van der Waals surface area contributed by atoms with Gasteiger partial charge in [-0.1, -0.05) is 47.1 Å². The van der Waals surface area contributed by atoms with Gasteiger partial charge in [-0.25, -0.2) is 4.98 Å². The predicted molar refractivity (Wildman–Crippen MR) is 95.9 cm³/mol. The number of fused-ring (bicyclic) bond motifs is 1. The average molecular weight is 352 g/mol. The van der Waals surface area contributed by atoms with Gasteiger partial charge in [-0.3, -0.25) is 9.36 Å². The molecule has 0 aliphatic carbocycles. The van der Waals surface area contributed by atoms with Crippen LogP contribution in [-0.4, -0.2) is 20.6 Å². The van der Waals surface area contributed by atoms with Crippen molar-refractivity contribution in [3.8, 4) is 11.3 Å². The topological polar surface area (TPSA) is 60.9 Å². The Morgan fingerprint density at radius 2 is 1.80 bits per heavy atom. The number of rotatable bonds is 2. The lowest BCUT2D eigenvalue weighted by atomic mass is 10.1. The lowest BCUT2D eigenvalue weighted by molar-refractivity contribution is 0.0961. The monoisotopic (exact) mass is 351 g/mol. The minimum absolute atomic E-state index is 0.236. The average Bonchev–Trinajstić information content (AvgIpc) is 3.14. The molecule has 0 radical (unpaired) electrons. The van der Waals surface area contributed by atoms with Gasteiger partial charge in [-0.2, -0.15) is 0 Å². The molecule has 4 aromatic rings. The van der Waals surface area contributed by atoms with E-state index < -0.39 is 0 Å². The van der Waals surface area contributed by atoms with E-state index in [2.05, 4.69) is 10.1 Å². The van der Waals surface area contributed by atoms with E-state index in [-0.39, 0.29) is 5.91 Å². The molecule has 0 atom stereocenters. The number of carbonyl (C=O) groups is 1. The van der Waals surface area contributed by atoms with Crippen LogP contribution in [0.4, 0.5) is 0 Å². The van der Waals surface area contributed by atoms with E-state index in [1.807, 2.05) is 42.5 Å². The summed E-state index contributed by atoms with van der Waals surface area (Å²) in [5.41, 5.74) is 2.99. The van der Waals surface area contributed by atoms with Gasteiger partial charge in [0.05, 0.1) is 16.1 Å². The zero-order valence-corrected chi connectivity index (χ0v) is 14.4. The van der Waals surface area contributed by atoms with Gasteiger partial charge in [0.1, 0.15) is 22.8 Å². The SMILES string of the molecule is Cc1onc(-c2ccccc2Cl)c1C(=O)n1c(C)nc2ccccc21. The Hall–Kier alpha value is -2.92. The normalized spacial score (nSPS) is 11.2. The molecule has 0 fully saturated rings. The Bertz CT molecular complexity index is 1110. The van der Waals surface area contributed by atoms with Crippen LogP contribution in [0.3, 0.4) is 0 Å². The quantitative estimate of drug-likeness (QED) is 0.527. The third kappa shape index (κ3) is 2.44. The fourth-order valence-electron chi connectivity index (χ4n) is 2.98. The molecule has 0 spiro atoms. The molecule has 124 valence electrons. The molecular formula is C19H14ClN3O2. The molecule has 0 saturated heterocycles. The Balaban J connectivity index is 1.94. The molecule has 2 aromatic heterocycles. The van der Waals surface area contributed by atoms with E-state index in [9.17, 15) is 4.79 Å². The zero-order chi connectivity index (χ0) is 17.6. The summed E-state index contributed by atoms with van der Waals surface area (Å²) in [5.74, 6) is 0.814. The molecule has 2 heterocycles. The first-order valence-electron chi connectivity index (χ1n) is 7.78. The van der Waals surface area contributed by atoms with Gasteiger partial charge in [0.15, 0.2) is 0 Å². The first kappa shape index (κ1) is 15.6. The summed E-state index contributed by atoms with van der Waals surface area (Å²) in [6.07, 6.45) is 0. The Kier molecular flexibility index (Phi) is 3.66. The molecule has 0 aliphatic heterocycles. The minimum Gasteiger partial charge on any atom is -0.360 e. The van der Waals surface area contributed by atoms with Gasteiger partial charge in [-0.05, 0) is 32.0 Å². The third-order valence-corrected chi connectivity index (χ3v) is 4.47. The van der Waals surface area contributed by atoms with Crippen LogP contribution in [0.2, 0.25) is 5.02 Å². The van der Waals surface area contributed by atoms with Gasteiger partial charge in [0.25, 0.3) is 5.91 Å². The highest BCUT2D eigenvalue weighted by atomic mass is 35.5. The summed E-state index contributed by atoms with van der Waals surface area (Å²) in [4.78, 5) is 17.8. The van der Waals surface area contributed by atoms with Crippen molar-refractivity contribution in [2.45, 2.75) is 13.8 Å². The number of aryl methyl sites for hydroxylation is 2. The second kappa shape index (κ2) is 5.86. The van der Waals surface area contributed by atoms with Crippen molar-refractivity contribution < 1.29 is 9.32 Å². The van der Waals surface area contributed by atoms with E-state index in [0.29, 0.717) is 33.4 Å². The Morgan fingerprint density at radius 3 is 2.60 bits per heavy atom. The summed E-state index contributed by atoms with van der Waals surface area (Å²) in [6.45, 7) is 3.52. The summed E-state index contributed by atoms with van der Waals surface area (Å²) in [5, 5.41) is 4.58. The highest BCUT2D eigenvalue weighted by molar-refractivity contribution is 6.33. The van der Waals surface area contributed by atoms with E-state index >= 15 is 0 Å². The van der Waals surface area contributed by atoms with Crippen molar-refractivity contribution in [1.82, 2.24) is 14.7 Å². The number of halogens is 1. The molecule has 5 nitrogen and oxygen atoms in total. The molecule has 0 saturated carbocycles. The number of aromatic nitrogens is 3. The smallest absolute Gasteiger partial charge is 0.269 e. The van der Waals surface area contributed by atoms with E-state index in [4.69, 9.17) is 16.1 Å². The van der Waals surface area contributed by atoms with Crippen LogP contribution in [0.1, 0.15) is 21.9 Å². The number of nitrogens with zero attached hydrogens (tertiary/aromatic N) is 3. The summed E-state index contributed by atoms with van der Waals surface area (Å²) in [7, 11) is 0. The van der Waals surface area contributed by atoms with Gasteiger partial charge < -0.3 is 4.52 Å². The maximum absolute atomic E-state index is 13.3. The first-order valence-corrected chi connectivity index (χ1v) is 8.15. The van der Waals surface area contributed by atoms with Crippen molar-refractivity contribution in [1.29, 1.82) is 0 Å². The van der Waals surface area contributed by atoms with Crippen LogP contribution in [0.25, 0.3) is 22.3 Å². The van der Waals surface area contributed by atoms with Gasteiger partial charge in [0, 0.05) is 5.56 Å². The number of hydrogen-bond donors (Lipinski definition) is 0. The zero-order valence-electron chi connectivity index (χ0n) is 13.7. The minimum atomic E-state index is -0.236. The van der Waals surface area contributed by atoms with Crippen LogP contribution < -0.4 is 0 Å². The van der Waals surface area contributed by atoms with Crippen molar-refractivity contribution in [2.75, 3.05) is 0 Å². The van der Waals surface area contributed by atoms with E-state index in [0.717, 1.165) is 11.0 Å². The highest BCUT2D eigenvalue weighted by Gasteiger charge is 2.26. The molecule has 6 heteroatoms. The Morgan fingerprint density at radius 1 is 1.08 bits per heavy atom. The predicted octanol–water partition coefficient (Wildman–Crippen LogP) is 4.65. The number of benzene rings is 2. The van der Waals surface area contributed by atoms with Crippen LogP contribution in [0.5, 0.6) is 0 Å². The van der Waals surface area contributed by atoms with E-state index in [1.165, 1.54) is 0 Å². The maximum Gasteiger partial charge on any atom is 0.269 e. The highest BCUT2D eigenvalue weighted by Crippen LogP contribution is 2.32. The van der Waals surface area contributed by atoms with Crippen molar-refractivity contribution in [2.24, 2.45) is 0 Å².